The minimum Gasteiger partial charge on any atom is -0.492 e. The molecule has 1 heterocycles. The molecule has 0 spiro atoms. The van der Waals surface area contributed by atoms with E-state index in [4.69, 9.17) is 4.74 Å². The number of anilines is 2. The molecule has 1 aliphatic heterocycles. The molecule has 0 bridgehead atoms. The predicted molar refractivity (Wildman–Crippen MR) is 106 cm³/mol. The highest BCUT2D eigenvalue weighted by molar-refractivity contribution is 5.91. The van der Waals surface area contributed by atoms with Crippen molar-refractivity contribution in [1.29, 1.82) is 0 Å². The van der Waals surface area contributed by atoms with Crippen LogP contribution in [0.3, 0.4) is 0 Å². The third-order valence-electron chi connectivity index (χ3n) is 4.71. The number of benzene rings is 2. The molecule has 2 amide bonds. The lowest BCUT2D eigenvalue weighted by atomic mass is 10.1. The summed E-state index contributed by atoms with van der Waals surface area (Å²) in [4.78, 5) is 16.9. The first-order valence-electron chi connectivity index (χ1n) is 9.33. The summed E-state index contributed by atoms with van der Waals surface area (Å²) in [6.45, 7) is 7.79. The molecule has 1 aliphatic rings. The third kappa shape index (κ3) is 4.10. The molecule has 5 heteroatoms. The maximum Gasteiger partial charge on any atom is 0.322 e. The molecule has 2 aromatic carbocycles. The van der Waals surface area contributed by atoms with E-state index >= 15 is 0 Å². The van der Waals surface area contributed by atoms with Crippen molar-refractivity contribution in [1.82, 2.24) is 4.90 Å². The van der Waals surface area contributed by atoms with E-state index in [-0.39, 0.29) is 6.03 Å². The first-order chi connectivity index (χ1) is 12.7. The number of hydrogen-bond donors (Lipinski definition) is 1. The van der Waals surface area contributed by atoms with Crippen LogP contribution >= 0.6 is 0 Å². The monoisotopic (exact) mass is 353 g/mol. The molecule has 0 aliphatic carbocycles. The van der Waals surface area contributed by atoms with E-state index in [9.17, 15) is 4.79 Å². The van der Waals surface area contributed by atoms with Crippen LogP contribution in [-0.2, 0) is 6.42 Å². The fourth-order valence-electron chi connectivity index (χ4n) is 3.31. The van der Waals surface area contributed by atoms with Gasteiger partial charge in [0.15, 0.2) is 0 Å². The molecule has 0 atom stereocenters. The fraction of sp³-hybridized carbons (Fsp3) is 0.381. The fourth-order valence-corrected chi connectivity index (χ4v) is 3.31. The van der Waals surface area contributed by atoms with Crippen LogP contribution in [0.2, 0.25) is 0 Å². The second-order valence-corrected chi connectivity index (χ2v) is 6.32. The quantitative estimate of drug-likeness (QED) is 0.884. The maximum atomic E-state index is 12.6. The lowest BCUT2D eigenvalue weighted by molar-refractivity contribution is 0.208. The number of carbonyl (C=O) groups is 1. The van der Waals surface area contributed by atoms with Crippen molar-refractivity contribution in [3.8, 4) is 5.75 Å². The topological polar surface area (TPSA) is 44.8 Å². The summed E-state index contributed by atoms with van der Waals surface area (Å²) in [7, 11) is 0. The van der Waals surface area contributed by atoms with Crippen molar-refractivity contribution in [2.75, 3.05) is 43.0 Å². The van der Waals surface area contributed by atoms with E-state index < -0.39 is 0 Å². The van der Waals surface area contributed by atoms with Gasteiger partial charge in [-0.05, 0) is 37.1 Å². The Morgan fingerprint density at radius 1 is 1.00 bits per heavy atom. The van der Waals surface area contributed by atoms with E-state index in [1.54, 1.807) is 0 Å². The van der Waals surface area contributed by atoms with Gasteiger partial charge in [0.1, 0.15) is 5.75 Å². The molecule has 1 N–H and O–H groups in total. The molecule has 0 saturated carbocycles. The largest absolute Gasteiger partial charge is 0.492 e. The molecular weight excluding hydrogens is 326 g/mol. The van der Waals surface area contributed by atoms with Crippen LogP contribution in [0, 0.1) is 0 Å². The van der Waals surface area contributed by atoms with Crippen LogP contribution in [0.15, 0.2) is 48.5 Å². The van der Waals surface area contributed by atoms with Crippen molar-refractivity contribution in [3.63, 3.8) is 0 Å². The highest BCUT2D eigenvalue weighted by Gasteiger charge is 2.22. The number of amides is 2. The average Bonchev–Trinajstić information content (AvgIpc) is 2.69. The Morgan fingerprint density at radius 3 is 2.42 bits per heavy atom. The Kier molecular flexibility index (Phi) is 6.00. The normalized spacial score (nSPS) is 14.2. The van der Waals surface area contributed by atoms with Crippen molar-refractivity contribution in [3.05, 3.63) is 54.1 Å². The Balaban J connectivity index is 1.60. The molecule has 0 aromatic heterocycles. The van der Waals surface area contributed by atoms with Gasteiger partial charge in [0, 0.05) is 31.9 Å². The van der Waals surface area contributed by atoms with E-state index in [2.05, 4.69) is 41.4 Å². The first kappa shape index (κ1) is 18.1. The number of piperazine rings is 1. The number of aryl methyl sites for hydroxylation is 1. The van der Waals surface area contributed by atoms with Crippen molar-refractivity contribution in [2.45, 2.75) is 20.3 Å². The van der Waals surface area contributed by atoms with Gasteiger partial charge in [-0.1, -0.05) is 37.3 Å². The van der Waals surface area contributed by atoms with Crippen molar-refractivity contribution < 1.29 is 9.53 Å². The van der Waals surface area contributed by atoms with E-state index in [1.165, 1.54) is 11.3 Å². The van der Waals surface area contributed by atoms with Crippen molar-refractivity contribution in [2.24, 2.45) is 0 Å². The summed E-state index contributed by atoms with van der Waals surface area (Å²) in [5.74, 6) is 0.707. The van der Waals surface area contributed by atoms with Gasteiger partial charge < -0.3 is 19.9 Å². The summed E-state index contributed by atoms with van der Waals surface area (Å²) in [6, 6.07) is 16.0. The molecule has 1 saturated heterocycles. The number of hydrogen-bond acceptors (Lipinski definition) is 3. The summed E-state index contributed by atoms with van der Waals surface area (Å²) >= 11 is 0. The highest BCUT2D eigenvalue weighted by Crippen LogP contribution is 2.25. The Bertz CT molecular complexity index is 740. The molecule has 1 fully saturated rings. The first-order valence-corrected chi connectivity index (χ1v) is 9.33. The van der Waals surface area contributed by atoms with Crippen LogP contribution in [0.25, 0.3) is 0 Å². The van der Waals surface area contributed by atoms with Crippen LogP contribution in [-0.4, -0.2) is 43.7 Å². The van der Waals surface area contributed by atoms with E-state index in [0.717, 1.165) is 25.2 Å². The van der Waals surface area contributed by atoms with Gasteiger partial charge in [-0.25, -0.2) is 4.79 Å². The third-order valence-corrected chi connectivity index (χ3v) is 4.71. The molecule has 0 unspecified atom stereocenters. The van der Waals surface area contributed by atoms with Gasteiger partial charge in [0.25, 0.3) is 0 Å². The van der Waals surface area contributed by atoms with Gasteiger partial charge >= 0.3 is 6.03 Å². The molecule has 0 radical (unpaired) electrons. The number of rotatable bonds is 5. The van der Waals surface area contributed by atoms with Crippen LogP contribution < -0.4 is 15.0 Å². The molecule has 5 nitrogen and oxygen atoms in total. The lowest BCUT2D eigenvalue weighted by Gasteiger charge is -2.37. The Labute approximate surface area is 155 Å². The summed E-state index contributed by atoms with van der Waals surface area (Å²) in [6.07, 6.45) is 1.02. The van der Waals surface area contributed by atoms with E-state index in [0.29, 0.717) is 25.4 Å². The number of nitrogens with one attached hydrogen (secondary N) is 1. The lowest BCUT2D eigenvalue weighted by Crippen LogP contribution is -2.50. The number of para-hydroxylation sites is 3. The zero-order valence-corrected chi connectivity index (χ0v) is 15.6. The Hall–Kier alpha value is -2.69. The molecule has 2 aromatic rings. The van der Waals surface area contributed by atoms with Crippen LogP contribution in [0.1, 0.15) is 19.4 Å². The standard InChI is InChI=1S/C21H27N3O2/c1-3-17-9-5-7-11-19(17)23-13-15-24(16-14-23)21(25)22-18-10-6-8-12-20(18)26-4-2/h5-12H,3-4,13-16H2,1-2H3,(H,22,25). The second kappa shape index (κ2) is 8.61. The number of nitrogens with zero attached hydrogens (tertiary/aromatic N) is 2. The van der Waals surface area contributed by atoms with Gasteiger partial charge in [-0.15, -0.1) is 0 Å². The van der Waals surface area contributed by atoms with Gasteiger partial charge in [-0.3, -0.25) is 0 Å². The molecular formula is C21H27N3O2. The summed E-state index contributed by atoms with van der Waals surface area (Å²) in [5.41, 5.74) is 3.37. The van der Waals surface area contributed by atoms with Crippen LogP contribution in [0.4, 0.5) is 16.2 Å². The van der Waals surface area contributed by atoms with Crippen molar-refractivity contribution >= 4 is 17.4 Å². The molecule has 26 heavy (non-hydrogen) atoms. The maximum absolute atomic E-state index is 12.6. The minimum absolute atomic E-state index is 0.0689. The van der Waals surface area contributed by atoms with Crippen LogP contribution in [0.5, 0.6) is 5.75 Å². The zero-order valence-electron chi connectivity index (χ0n) is 15.6. The minimum atomic E-state index is -0.0689. The van der Waals surface area contributed by atoms with E-state index in [1.807, 2.05) is 36.1 Å². The molecule has 138 valence electrons. The summed E-state index contributed by atoms with van der Waals surface area (Å²) in [5, 5.41) is 2.99. The summed E-state index contributed by atoms with van der Waals surface area (Å²) < 4.78 is 5.58. The number of urea groups is 1. The van der Waals surface area contributed by atoms with Gasteiger partial charge in [-0.2, -0.15) is 0 Å². The Morgan fingerprint density at radius 2 is 1.69 bits per heavy atom. The number of carbonyl (C=O) groups excluding carboxylic acids is 1. The smallest absolute Gasteiger partial charge is 0.322 e. The number of ether oxygens (including phenoxy) is 1. The van der Waals surface area contributed by atoms with Gasteiger partial charge in [0.05, 0.1) is 12.3 Å². The predicted octanol–water partition coefficient (Wildman–Crippen LogP) is 4.00. The molecule has 3 rings (SSSR count). The van der Waals surface area contributed by atoms with Gasteiger partial charge in [0.2, 0.25) is 0 Å². The SMILES string of the molecule is CCOc1ccccc1NC(=O)N1CCN(c2ccccc2CC)CC1. The zero-order chi connectivity index (χ0) is 18.4. The average molecular weight is 353 g/mol. The highest BCUT2D eigenvalue weighted by atomic mass is 16.5. The second-order valence-electron chi connectivity index (χ2n) is 6.32.